The second-order valence-electron chi connectivity index (χ2n) is 6.23. The zero-order valence-corrected chi connectivity index (χ0v) is 14.8. The van der Waals surface area contributed by atoms with Crippen molar-refractivity contribution in [1.82, 2.24) is 19.7 Å². The Bertz CT molecular complexity index is 1230. The molecule has 3 aromatic heterocycles. The Balaban J connectivity index is 1.96. The second-order valence-corrected chi connectivity index (χ2v) is 6.23. The molecule has 0 spiro atoms. The summed E-state index contributed by atoms with van der Waals surface area (Å²) in [6.45, 7) is 3.40. The van der Waals surface area contributed by atoms with E-state index in [4.69, 9.17) is 0 Å². The lowest BCUT2D eigenvalue weighted by molar-refractivity contribution is 0.101. The lowest BCUT2D eigenvalue weighted by Gasteiger charge is -2.07. The van der Waals surface area contributed by atoms with Crippen molar-refractivity contribution in [3.8, 4) is 23.1 Å². The summed E-state index contributed by atoms with van der Waals surface area (Å²) < 4.78 is 1.71. The summed E-state index contributed by atoms with van der Waals surface area (Å²) in [4.78, 5) is 20.6. The highest BCUT2D eigenvalue weighted by molar-refractivity contribution is 5.93. The van der Waals surface area contributed by atoms with E-state index in [2.05, 4.69) is 21.1 Å². The molecule has 4 aromatic rings. The topological polar surface area (TPSA) is 84.5 Å². The molecule has 0 fully saturated rings. The van der Waals surface area contributed by atoms with E-state index in [1.165, 1.54) is 6.92 Å². The van der Waals surface area contributed by atoms with Gasteiger partial charge in [-0.3, -0.25) is 4.79 Å². The van der Waals surface area contributed by atoms with E-state index in [-0.39, 0.29) is 5.78 Å². The molecule has 0 saturated heterocycles. The number of aromatic nitrogens is 4. The molecule has 0 N–H and O–H groups in total. The Morgan fingerprint density at radius 2 is 1.93 bits per heavy atom. The molecule has 1 aromatic carbocycles. The maximum absolute atomic E-state index is 11.7. The van der Waals surface area contributed by atoms with Crippen LogP contribution in [0, 0.1) is 18.3 Å². The lowest BCUT2D eigenvalue weighted by atomic mass is 10.0. The van der Waals surface area contributed by atoms with Crippen molar-refractivity contribution in [2.45, 2.75) is 13.8 Å². The van der Waals surface area contributed by atoms with Crippen molar-refractivity contribution in [1.29, 1.82) is 5.26 Å². The summed E-state index contributed by atoms with van der Waals surface area (Å²) in [6, 6.07) is 16.9. The quantitative estimate of drug-likeness (QED) is 0.522. The van der Waals surface area contributed by atoms with Gasteiger partial charge < -0.3 is 0 Å². The monoisotopic (exact) mass is 353 g/mol. The Hall–Kier alpha value is -3.85. The highest BCUT2D eigenvalue weighted by Crippen LogP contribution is 2.28. The van der Waals surface area contributed by atoms with E-state index in [9.17, 15) is 10.1 Å². The molecule has 0 radical (unpaired) electrons. The lowest BCUT2D eigenvalue weighted by Crippen LogP contribution is -2.01. The molecule has 6 nitrogen and oxygen atoms in total. The third kappa shape index (κ3) is 2.96. The molecule has 3 heterocycles. The largest absolute Gasteiger partial charge is 0.293 e. The maximum Gasteiger partial charge on any atom is 0.178 e. The van der Waals surface area contributed by atoms with Gasteiger partial charge in [0.05, 0.1) is 29.0 Å². The third-order valence-electron chi connectivity index (χ3n) is 4.31. The van der Waals surface area contributed by atoms with Crippen molar-refractivity contribution >= 4 is 16.7 Å². The van der Waals surface area contributed by atoms with Crippen LogP contribution < -0.4 is 0 Å². The van der Waals surface area contributed by atoms with Gasteiger partial charge in [-0.15, -0.1) is 0 Å². The van der Waals surface area contributed by atoms with Crippen molar-refractivity contribution in [2.24, 2.45) is 0 Å². The van der Waals surface area contributed by atoms with Gasteiger partial charge in [-0.25, -0.2) is 14.6 Å². The van der Waals surface area contributed by atoms with E-state index in [0.717, 1.165) is 22.2 Å². The van der Waals surface area contributed by atoms with E-state index in [1.807, 2.05) is 37.3 Å². The van der Waals surface area contributed by atoms with Crippen LogP contribution in [0.15, 0.2) is 54.7 Å². The molecule has 0 aliphatic rings. The third-order valence-corrected chi connectivity index (χ3v) is 4.31. The van der Waals surface area contributed by atoms with Gasteiger partial charge >= 0.3 is 0 Å². The summed E-state index contributed by atoms with van der Waals surface area (Å²) in [7, 11) is 0. The minimum absolute atomic E-state index is 0.104. The number of pyridine rings is 2. The van der Waals surface area contributed by atoms with E-state index in [1.54, 1.807) is 29.1 Å². The number of hydrogen-bond acceptors (Lipinski definition) is 5. The second kappa shape index (κ2) is 6.46. The fraction of sp³-hybridized carbons (Fsp3) is 0.0952. The van der Waals surface area contributed by atoms with Gasteiger partial charge in [0.1, 0.15) is 5.69 Å². The number of nitriles is 1. The normalized spacial score (nSPS) is 10.7. The highest BCUT2D eigenvalue weighted by atomic mass is 16.1. The van der Waals surface area contributed by atoms with Crippen LogP contribution in [0.25, 0.3) is 28.0 Å². The van der Waals surface area contributed by atoms with Gasteiger partial charge in [0, 0.05) is 23.6 Å². The van der Waals surface area contributed by atoms with Crippen LogP contribution in [0.3, 0.4) is 0 Å². The summed E-state index contributed by atoms with van der Waals surface area (Å²) in [5, 5.41) is 14.8. The SMILES string of the molecule is CC(=O)c1cccc(-c2cc(C#N)c3cnn(-c4cccc(C)n4)c3c2)n1. The van der Waals surface area contributed by atoms with Crippen molar-refractivity contribution < 1.29 is 4.79 Å². The number of carbonyl (C=O) groups is 1. The van der Waals surface area contributed by atoms with Crippen molar-refractivity contribution in [3.05, 3.63) is 71.7 Å². The number of Topliss-reactive ketones (excluding diaryl/α,β-unsaturated/α-hetero) is 1. The molecule has 6 heteroatoms. The summed E-state index contributed by atoms with van der Waals surface area (Å²) in [5.41, 5.74) is 3.90. The number of fused-ring (bicyclic) bond motifs is 1. The van der Waals surface area contributed by atoms with Crippen LogP contribution in [0.5, 0.6) is 0 Å². The molecular weight excluding hydrogens is 338 g/mol. The van der Waals surface area contributed by atoms with Gasteiger partial charge in [0.2, 0.25) is 0 Å². The average molecular weight is 353 g/mol. The van der Waals surface area contributed by atoms with Crippen molar-refractivity contribution in [2.75, 3.05) is 0 Å². The molecule has 0 atom stereocenters. The predicted octanol–water partition coefficient (Wildman–Crippen LogP) is 3.87. The summed E-state index contributed by atoms with van der Waals surface area (Å²) in [5.74, 6) is 0.573. The van der Waals surface area contributed by atoms with Crippen LogP contribution >= 0.6 is 0 Å². The first-order valence-electron chi connectivity index (χ1n) is 8.41. The van der Waals surface area contributed by atoms with Crippen LogP contribution in [0.1, 0.15) is 28.7 Å². The van der Waals surface area contributed by atoms with Gasteiger partial charge in [-0.05, 0) is 43.3 Å². The molecule has 0 aliphatic carbocycles. The molecule has 0 aliphatic heterocycles. The number of hydrogen-bond donors (Lipinski definition) is 0. The number of benzene rings is 1. The Kier molecular flexibility index (Phi) is 3.98. The van der Waals surface area contributed by atoms with Crippen LogP contribution in [-0.4, -0.2) is 25.5 Å². The predicted molar refractivity (Wildman–Crippen MR) is 102 cm³/mol. The van der Waals surface area contributed by atoms with E-state index in [0.29, 0.717) is 22.8 Å². The number of ketones is 1. The summed E-state index contributed by atoms with van der Waals surface area (Å²) in [6.07, 6.45) is 1.67. The highest BCUT2D eigenvalue weighted by Gasteiger charge is 2.14. The zero-order chi connectivity index (χ0) is 19.0. The maximum atomic E-state index is 11.7. The van der Waals surface area contributed by atoms with Crippen LogP contribution in [0.2, 0.25) is 0 Å². The number of carbonyl (C=O) groups excluding carboxylic acids is 1. The molecule has 27 heavy (non-hydrogen) atoms. The minimum atomic E-state index is -0.104. The van der Waals surface area contributed by atoms with Crippen molar-refractivity contribution in [3.63, 3.8) is 0 Å². The first-order chi connectivity index (χ1) is 13.1. The van der Waals surface area contributed by atoms with Gasteiger partial charge in [-0.2, -0.15) is 10.4 Å². The smallest absolute Gasteiger partial charge is 0.178 e. The molecule has 0 saturated carbocycles. The molecule has 130 valence electrons. The molecular formula is C21H15N5O. The zero-order valence-electron chi connectivity index (χ0n) is 14.8. The molecule has 0 unspecified atom stereocenters. The molecule has 0 bridgehead atoms. The fourth-order valence-corrected chi connectivity index (χ4v) is 2.99. The molecule has 4 rings (SSSR count). The first-order valence-corrected chi connectivity index (χ1v) is 8.41. The standard InChI is InChI=1S/C21H15N5O/c1-13-5-3-8-21(24-13)26-20-10-15(9-16(11-22)17(20)12-23-26)19-7-4-6-18(25-19)14(2)27/h3-10,12H,1-2H3. The van der Waals surface area contributed by atoms with Gasteiger partial charge in [0.25, 0.3) is 0 Å². The van der Waals surface area contributed by atoms with E-state index < -0.39 is 0 Å². The Morgan fingerprint density at radius 3 is 2.67 bits per heavy atom. The number of nitrogens with zero attached hydrogens (tertiary/aromatic N) is 5. The number of rotatable bonds is 3. The van der Waals surface area contributed by atoms with Gasteiger partial charge in [-0.1, -0.05) is 12.1 Å². The minimum Gasteiger partial charge on any atom is -0.293 e. The molecule has 0 amide bonds. The fourth-order valence-electron chi connectivity index (χ4n) is 2.99. The van der Waals surface area contributed by atoms with E-state index >= 15 is 0 Å². The Labute approximate surface area is 155 Å². The van der Waals surface area contributed by atoms with Gasteiger partial charge in [0.15, 0.2) is 11.6 Å². The Morgan fingerprint density at radius 1 is 1.11 bits per heavy atom. The van der Waals surface area contributed by atoms with Crippen LogP contribution in [0.4, 0.5) is 0 Å². The average Bonchev–Trinajstić information content (AvgIpc) is 3.11. The number of aryl methyl sites for hydroxylation is 1. The summed E-state index contributed by atoms with van der Waals surface area (Å²) >= 11 is 0. The van der Waals surface area contributed by atoms with Crippen LogP contribution in [-0.2, 0) is 0 Å². The first kappa shape index (κ1) is 16.6.